The zero-order chi connectivity index (χ0) is 14.5. The Morgan fingerprint density at radius 3 is 2.70 bits per heavy atom. The van der Waals surface area contributed by atoms with Crippen LogP contribution in [0.1, 0.15) is 31.2 Å². The molecule has 1 fully saturated rings. The van der Waals surface area contributed by atoms with Gasteiger partial charge in [0.05, 0.1) is 12.5 Å². The molecule has 1 aromatic rings. The van der Waals surface area contributed by atoms with Crippen molar-refractivity contribution in [3.63, 3.8) is 0 Å². The van der Waals surface area contributed by atoms with Crippen molar-refractivity contribution in [1.82, 2.24) is 5.32 Å². The van der Waals surface area contributed by atoms with Crippen LogP contribution >= 0.6 is 11.6 Å². The molecular weight excluding hydrogens is 281 g/mol. The van der Waals surface area contributed by atoms with Crippen LogP contribution in [0, 0.1) is 5.82 Å². The summed E-state index contributed by atoms with van der Waals surface area (Å²) >= 11 is 5.92. The van der Waals surface area contributed by atoms with Crippen LogP contribution in [0.5, 0.6) is 0 Å². The molecule has 110 valence electrons. The third-order valence-corrected chi connectivity index (χ3v) is 4.13. The third kappa shape index (κ3) is 3.93. The summed E-state index contributed by atoms with van der Waals surface area (Å²) in [4.78, 5) is 12.0. The van der Waals surface area contributed by atoms with Gasteiger partial charge in [-0.3, -0.25) is 4.79 Å². The molecular formula is C15H19ClFNO2. The number of rotatable bonds is 4. The maximum atomic E-state index is 13.6. The highest BCUT2D eigenvalue weighted by Crippen LogP contribution is 2.22. The van der Waals surface area contributed by atoms with Crippen LogP contribution in [0.15, 0.2) is 18.2 Å². The summed E-state index contributed by atoms with van der Waals surface area (Å²) < 4.78 is 18.9. The van der Waals surface area contributed by atoms with Crippen molar-refractivity contribution in [2.24, 2.45) is 0 Å². The fraction of sp³-hybridized carbons (Fsp3) is 0.533. The van der Waals surface area contributed by atoms with Crippen LogP contribution in [0.2, 0.25) is 5.02 Å². The normalized spacial score (nSPS) is 22.6. The molecule has 1 saturated carbocycles. The van der Waals surface area contributed by atoms with E-state index in [0.717, 1.165) is 25.7 Å². The molecule has 0 spiro atoms. The van der Waals surface area contributed by atoms with E-state index < -0.39 is 5.82 Å². The van der Waals surface area contributed by atoms with Crippen molar-refractivity contribution in [2.45, 2.75) is 44.2 Å². The number of hydrogen-bond donors (Lipinski definition) is 1. The lowest BCUT2D eigenvalue weighted by molar-refractivity contribution is -0.121. The van der Waals surface area contributed by atoms with Crippen molar-refractivity contribution >= 4 is 17.5 Å². The first kappa shape index (κ1) is 15.3. The minimum atomic E-state index is -0.434. The molecule has 1 aromatic carbocycles. The Labute approximate surface area is 123 Å². The number of carbonyl (C=O) groups excluding carboxylic acids is 1. The maximum Gasteiger partial charge on any atom is 0.224 e. The second kappa shape index (κ2) is 7.04. The molecule has 1 aliphatic rings. The predicted octanol–water partition coefficient (Wildman–Crippen LogP) is 3.10. The number of nitrogens with one attached hydrogen (secondary N) is 1. The molecule has 1 aliphatic carbocycles. The first-order valence-corrected chi connectivity index (χ1v) is 7.23. The van der Waals surface area contributed by atoms with Crippen molar-refractivity contribution in [2.75, 3.05) is 7.11 Å². The Bertz CT molecular complexity index is 453. The number of methoxy groups -OCH3 is 1. The van der Waals surface area contributed by atoms with E-state index in [1.807, 2.05) is 0 Å². The molecule has 20 heavy (non-hydrogen) atoms. The van der Waals surface area contributed by atoms with Crippen LogP contribution in [-0.4, -0.2) is 25.2 Å². The van der Waals surface area contributed by atoms with Crippen LogP contribution in [0.25, 0.3) is 0 Å². The second-order valence-corrected chi connectivity index (χ2v) is 5.56. The van der Waals surface area contributed by atoms with Crippen molar-refractivity contribution < 1.29 is 13.9 Å². The summed E-state index contributed by atoms with van der Waals surface area (Å²) in [7, 11) is 1.71. The Balaban J connectivity index is 1.87. The zero-order valence-corrected chi connectivity index (χ0v) is 12.3. The largest absolute Gasteiger partial charge is 0.381 e. The highest BCUT2D eigenvalue weighted by Gasteiger charge is 2.22. The summed E-state index contributed by atoms with van der Waals surface area (Å²) in [6.45, 7) is 0. The van der Waals surface area contributed by atoms with Gasteiger partial charge in [0.25, 0.3) is 0 Å². The average Bonchev–Trinajstić information content (AvgIpc) is 2.44. The Morgan fingerprint density at radius 2 is 2.10 bits per heavy atom. The van der Waals surface area contributed by atoms with Gasteiger partial charge in [0.15, 0.2) is 0 Å². The molecule has 0 unspecified atom stereocenters. The highest BCUT2D eigenvalue weighted by atomic mass is 35.5. The van der Waals surface area contributed by atoms with Gasteiger partial charge in [-0.15, -0.1) is 0 Å². The quantitative estimate of drug-likeness (QED) is 0.928. The van der Waals surface area contributed by atoms with Crippen molar-refractivity contribution in [1.29, 1.82) is 0 Å². The second-order valence-electron chi connectivity index (χ2n) is 5.15. The van der Waals surface area contributed by atoms with Crippen LogP contribution in [0.4, 0.5) is 4.39 Å². The van der Waals surface area contributed by atoms with Crippen molar-refractivity contribution in [3.8, 4) is 0 Å². The standard InChI is InChI=1S/C15H19ClFNO2/c1-20-11-7-5-10(6-8-11)18-15(19)9-12-13(16)3-2-4-14(12)17/h2-4,10-11H,5-9H2,1H3,(H,18,19). The molecule has 0 bridgehead atoms. The number of ether oxygens (including phenoxy) is 1. The van der Waals surface area contributed by atoms with Gasteiger partial charge in [-0.25, -0.2) is 4.39 Å². The van der Waals surface area contributed by atoms with Crippen LogP contribution < -0.4 is 5.32 Å². The van der Waals surface area contributed by atoms with Gasteiger partial charge in [-0.2, -0.15) is 0 Å². The lowest BCUT2D eigenvalue weighted by Crippen LogP contribution is -2.39. The summed E-state index contributed by atoms with van der Waals surface area (Å²) in [5.41, 5.74) is 0.261. The number of benzene rings is 1. The smallest absolute Gasteiger partial charge is 0.224 e. The highest BCUT2D eigenvalue weighted by molar-refractivity contribution is 6.31. The van der Waals surface area contributed by atoms with Crippen LogP contribution in [0.3, 0.4) is 0 Å². The van der Waals surface area contributed by atoms with E-state index in [-0.39, 0.29) is 23.9 Å². The number of carbonyl (C=O) groups is 1. The van der Waals surface area contributed by atoms with E-state index in [9.17, 15) is 9.18 Å². The van der Waals surface area contributed by atoms with Gasteiger partial charge >= 0.3 is 0 Å². The van der Waals surface area contributed by atoms with Gasteiger partial charge < -0.3 is 10.1 Å². The number of hydrogen-bond acceptors (Lipinski definition) is 2. The minimum Gasteiger partial charge on any atom is -0.381 e. The first-order chi connectivity index (χ1) is 9.60. The summed E-state index contributed by atoms with van der Waals surface area (Å²) in [6.07, 6.45) is 3.97. The molecule has 0 aromatic heterocycles. The Kier molecular flexibility index (Phi) is 5.38. The molecule has 5 heteroatoms. The molecule has 0 saturated heterocycles. The number of amides is 1. The SMILES string of the molecule is COC1CCC(NC(=O)Cc2c(F)cccc2Cl)CC1. The monoisotopic (exact) mass is 299 g/mol. The topological polar surface area (TPSA) is 38.3 Å². The predicted molar refractivity (Wildman–Crippen MR) is 76.3 cm³/mol. The van der Waals surface area contributed by atoms with Gasteiger partial charge in [-0.05, 0) is 37.8 Å². The van der Waals surface area contributed by atoms with Gasteiger partial charge in [-0.1, -0.05) is 17.7 Å². The first-order valence-electron chi connectivity index (χ1n) is 6.85. The third-order valence-electron chi connectivity index (χ3n) is 3.77. The van der Waals surface area contributed by atoms with E-state index in [4.69, 9.17) is 16.3 Å². The fourth-order valence-electron chi connectivity index (χ4n) is 2.58. The lowest BCUT2D eigenvalue weighted by Gasteiger charge is -2.28. The number of halogens is 2. The van der Waals surface area contributed by atoms with Crippen LogP contribution in [-0.2, 0) is 16.0 Å². The van der Waals surface area contributed by atoms with E-state index in [1.54, 1.807) is 13.2 Å². The zero-order valence-electron chi connectivity index (χ0n) is 11.5. The van der Waals surface area contributed by atoms with Crippen molar-refractivity contribution in [3.05, 3.63) is 34.6 Å². The minimum absolute atomic E-state index is 0.0181. The van der Waals surface area contributed by atoms with E-state index in [1.165, 1.54) is 12.1 Å². The lowest BCUT2D eigenvalue weighted by atomic mass is 9.93. The molecule has 0 atom stereocenters. The van der Waals surface area contributed by atoms with E-state index in [0.29, 0.717) is 11.1 Å². The Hall–Kier alpha value is -1.13. The molecule has 0 aliphatic heterocycles. The molecule has 1 N–H and O–H groups in total. The Morgan fingerprint density at radius 1 is 1.40 bits per heavy atom. The van der Waals surface area contributed by atoms with Gasteiger partial charge in [0.2, 0.25) is 5.91 Å². The summed E-state index contributed by atoms with van der Waals surface area (Å²) in [5.74, 6) is -0.617. The van der Waals surface area contributed by atoms with E-state index >= 15 is 0 Å². The summed E-state index contributed by atoms with van der Waals surface area (Å²) in [5, 5.41) is 3.24. The van der Waals surface area contributed by atoms with Gasteiger partial charge in [0, 0.05) is 23.7 Å². The molecule has 0 radical (unpaired) electrons. The van der Waals surface area contributed by atoms with Gasteiger partial charge in [0.1, 0.15) is 5.82 Å². The maximum absolute atomic E-state index is 13.6. The van der Waals surface area contributed by atoms with E-state index in [2.05, 4.69) is 5.32 Å². The molecule has 0 heterocycles. The fourth-order valence-corrected chi connectivity index (χ4v) is 2.81. The molecule has 3 nitrogen and oxygen atoms in total. The summed E-state index contributed by atoms with van der Waals surface area (Å²) in [6, 6.07) is 4.60. The average molecular weight is 300 g/mol. The molecule has 1 amide bonds. The molecule has 2 rings (SSSR count).